The summed E-state index contributed by atoms with van der Waals surface area (Å²) in [6.07, 6.45) is 3.35. The number of hydrogen-bond acceptors (Lipinski definition) is 4. The fraction of sp³-hybridized carbons (Fsp3) is 0.182. The maximum Gasteiger partial charge on any atom is 0.254 e. The summed E-state index contributed by atoms with van der Waals surface area (Å²) in [6.45, 7) is 4.44. The van der Waals surface area contributed by atoms with Crippen LogP contribution in [0.25, 0.3) is 21.9 Å². The summed E-state index contributed by atoms with van der Waals surface area (Å²) in [5.74, 6) is -0.0182. The van der Waals surface area contributed by atoms with Crippen LogP contribution in [0.4, 0.5) is 0 Å². The summed E-state index contributed by atoms with van der Waals surface area (Å²) >= 11 is 0. The minimum absolute atomic E-state index is 0.0182. The highest BCUT2D eigenvalue weighted by atomic mass is 16.2. The van der Waals surface area contributed by atoms with Gasteiger partial charge in [0.25, 0.3) is 5.91 Å². The van der Waals surface area contributed by atoms with Crippen LogP contribution >= 0.6 is 0 Å². The molecule has 0 unspecified atom stereocenters. The van der Waals surface area contributed by atoms with E-state index in [0.717, 1.165) is 38.8 Å². The van der Waals surface area contributed by atoms with Gasteiger partial charge in [-0.3, -0.25) is 19.7 Å². The van der Waals surface area contributed by atoms with Crippen molar-refractivity contribution in [1.82, 2.24) is 19.9 Å². The van der Waals surface area contributed by atoms with Crippen LogP contribution in [0.3, 0.4) is 0 Å². The fourth-order valence-corrected chi connectivity index (χ4v) is 3.31. The topological polar surface area (TPSA) is 59.0 Å². The number of hydrogen-bond donors (Lipinski definition) is 0. The van der Waals surface area contributed by atoms with E-state index in [0.29, 0.717) is 12.1 Å². The fourth-order valence-electron chi connectivity index (χ4n) is 3.31. The van der Waals surface area contributed by atoms with Crippen LogP contribution in [-0.4, -0.2) is 32.8 Å². The average molecular weight is 356 g/mol. The molecule has 27 heavy (non-hydrogen) atoms. The van der Waals surface area contributed by atoms with Crippen molar-refractivity contribution in [3.8, 4) is 0 Å². The third kappa shape index (κ3) is 3.36. The highest BCUT2D eigenvalue weighted by molar-refractivity contribution is 6.06. The van der Waals surface area contributed by atoms with Crippen molar-refractivity contribution in [2.24, 2.45) is 0 Å². The minimum atomic E-state index is -0.0182. The third-order valence-corrected chi connectivity index (χ3v) is 4.62. The summed E-state index contributed by atoms with van der Waals surface area (Å²) in [7, 11) is 1.82. The van der Waals surface area contributed by atoms with Crippen molar-refractivity contribution in [2.75, 3.05) is 7.05 Å². The number of rotatable bonds is 3. The van der Waals surface area contributed by atoms with E-state index in [2.05, 4.69) is 15.0 Å². The Hall–Kier alpha value is -3.34. The molecule has 5 nitrogen and oxygen atoms in total. The quantitative estimate of drug-likeness (QED) is 0.555. The first kappa shape index (κ1) is 17.1. The van der Waals surface area contributed by atoms with Crippen LogP contribution in [0.5, 0.6) is 0 Å². The molecule has 134 valence electrons. The molecule has 2 aromatic heterocycles. The van der Waals surface area contributed by atoms with Crippen molar-refractivity contribution < 1.29 is 4.79 Å². The Morgan fingerprint density at radius 2 is 1.67 bits per heavy atom. The molecule has 0 N–H and O–H groups in total. The number of carbonyl (C=O) groups is 1. The summed E-state index contributed by atoms with van der Waals surface area (Å²) in [4.78, 5) is 28.1. The van der Waals surface area contributed by atoms with Crippen LogP contribution in [0.15, 0.2) is 54.9 Å². The van der Waals surface area contributed by atoms with Gasteiger partial charge < -0.3 is 4.90 Å². The molecule has 0 aliphatic rings. The second-order valence-corrected chi connectivity index (χ2v) is 6.87. The smallest absolute Gasteiger partial charge is 0.254 e. The highest BCUT2D eigenvalue weighted by Crippen LogP contribution is 2.22. The van der Waals surface area contributed by atoms with Gasteiger partial charge in [-0.1, -0.05) is 17.7 Å². The molecule has 2 heterocycles. The monoisotopic (exact) mass is 356 g/mol. The Morgan fingerprint density at radius 1 is 0.926 bits per heavy atom. The summed E-state index contributed by atoms with van der Waals surface area (Å²) in [5.41, 5.74) is 6.17. The van der Waals surface area contributed by atoms with Crippen LogP contribution < -0.4 is 0 Å². The lowest BCUT2D eigenvalue weighted by atomic mass is 10.0. The minimum Gasteiger partial charge on any atom is -0.337 e. The zero-order valence-electron chi connectivity index (χ0n) is 15.6. The van der Waals surface area contributed by atoms with E-state index >= 15 is 0 Å². The van der Waals surface area contributed by atoms with Crippen molar-refractivity contribution >= 4 is 27.8 Å². The number of aryl methyl sites for hydroxylation is 2. The van der Waals surface area contributed by atoms with E-state index in [9.17, 15) is 4.79 Å². The zero-order valence-corrected chi connectivity index (χ0v) is 15.6. The first-order valence-electron chi connectivity index (χ1n) is 8.84. The van der Waals surface area contributed by atoms with Crippen molar-refractivity contribution in [2.45, 2.75) is 20.4 Å². The SMILES string of the molecule is Cc1ccc2nc(C)cc(C(=O)N(C)Cc3ccc4nccnc4c3)c2c1. The number of carbonyl (C=O) groups excluding carboxylic acids is 1. The van der Waals surface area contributed by atoms with Crippen LogP contribution in [0, 0.1) is 13.8 Å². The first-order valence-corrected chi connectivity index (χ1v) is 8.84. The molecule has 5 heteroatoms. The Bertz CT molecular complexity index is 1170. The van der Waals surface area contributed by atoms with Crippen LogP contribution in [0.2, 0.25) is 0 Å². The molecule has 2 aromatic carbocycles. The van der Waals surface area contributed by atoms with Gasteiger partial charge in [-0.05, 0) is 49.7 Å². The standard InChI is InChI=1S/C22H20N4O/c1-14-4-6-19-17(10-14)18(11-15(2)25-19)22(27)26(3)13-16-5-7-20-21(12-16)24-9-8-23-20/h4-12H,13H2,1-3H3. The Morgan fingerprint density at radius 3 is 2.48 bits per heavy atom. The van der Waals surface area contributed by atoms with Gasteiger partial charge in [-0.2, -0.15) is 0 Å². The molecule has 0 atom stereocenters. The normalized spacial score (nSPS) is 11.1. The van der Waals surface area contributed by atoms with E-state index in [1.54, 1.807) is 17.3 Å². The number of benzene rings is 2. The lowest BCUT2D eigenvalue weighted by Crippen LogP contribution is -2.26. The third-order valence-electron chi connectivity index (χ3n) is 4.62. The summed E-state index contributed by atoms with van der Waals surface area (Å²) in [6, 6.07) is 13.8. The van der Waals surface area contributed by atoms with Gasteiger partial charge in [0.05, 0.1) is 22.1 Å². The second-order valence-electron chi connectivity index (χ2n) is 6.87. The van der Waals surface area contributed by atoms with Gasteiger partial charge in [0, 0.05) is 37.1 Å². The van der Waals surface area contributed by atoms with Gasteiger partial charge in [-0.25, -0.2) is 0 Å². The van der Waals surface area contributed by atoms with Gasteiger partial charge in [0.2, 0.25) is 0 Å². The number of fused-ring (bicyclic) bond motifs is 2. The van der Waals surface area contributed by atoms with Gasteiger partial charge >= 0.3 is 0 Å². The predicted octanol–water partition coefficient (Wildman–Crippen LogP) is 4.07. The van der Waals surface area contributed by atoms with E-state index in [-0.39, 0.29) is 5.91 Å². The largest absolute Gasteiger partial charge is 0.337 e. The van der Waals surface area contributed by atoms with E-state index in [1.807, 2.05) is 63.4 Å². The van der Waals surface area contributed by atoms with Crippen LogP contribution in [-0.2, 0) is 6.54 Å². The number of amides is 1. The molecule has 0 aliphatic heterocycles. The highest BCUT2D eigenvalue weighted by Gasteiger charge is 2.17. The maximum atomic E-state index is 13.2. The molecular weight excluding hydrogens is 336 g/mol. The van der Waals surface area contributed by atoms with E-state index < -0.39 is 0 Å². The number of aromatic nitrogens is 3. The molecule has 0 bridgehead atoms. The second kappa shape index (κ2) is 6.76. The predicted molar refractivity (Wildman–Crippen MR) is 107 cm³/mol. The van der Waals surface area contributed by atoms with Gasteiger partial charge in [-0.15, -0.1) is 0 Å². The zero-order chi connectivity index (χ0) is 19.0. The molecule has 0 saturated carbocycles. The van der Waals surface area contributed by atoms with Crippen molar-refractivity contribution in [3.63, 3.8) is 0 Å². The lowest BCUT2D eigenvalue weighted by molar-refractivity contribution is 0.0787. The molecule has 0 radical (unpaired) electrons. The average Bonchev–Trinajstić information content (AvgIpc) is 2.67. The maximum absolute atomic E-state index is 13.2. The molecule has 0 spiro atoms. The molecule has 0 saturated heterocycles. The number of nitrogens with zero attached hydrogens (tertiary/aromatic N) is 4. The molecule has 0 aliphatic carbocycles. The van der Waals surface area contributed by atoms with E-state index in [1.165, 1.54) is 0 Å². The molecular formula is C22H20N4O. The van der Waals surface area contributed by atoms with Crippen LogP contribution in [0.1, 0.15) is 27.2 Å². The summed E-state index contributed by atoms with van der Waals surface area (Å²) in [5, 5.41) is 0.891. The Kier molecular flexibility index (Phi) is 4.28. The first-order chi connectivity index (χ1) is 13.0. The van der Waals surface area contributed by atoms with Crippen molar-refractivity contribution in [1.29, 1.82) is 0 Å². The molecule has 0 fully saturated rings. The molecule has 4 rings (SSSR count). The van der Waals surface area contributed by atoms with Gasteiger partial charge in [0.15, 0.2) is 0 Å². The lowest BCUT2D eigenvalue weighted by Gasteiger charge is -2.19. The molecule has 4 aromatic rings. The van der Waals surface area contributed by atoms with Gasteiger partial charge in [0.1, 0.15) is 0 Å². The van der Waals surface area contributed by atoms with E-state index in [4.69, 9.17) is 0 Å². The Labute approximate surface area is 157 Å². The van der Waals surface area contributed by atoms with Crippen molar-refractivity contribution in [3.05, 3.63) is 77.2 Å². The number of pyridine rings is 1. The molecule has 1 amide bonds. The summed E-state index contributed by atoms with van der Waals surface area (Å²) < 4.78 is 0. The Balaban J connectivity index is 1.67.